The number of hydrogen-bond acceptors (Lipinski definition) is 3. The van der Waals surface area contributed by atoms with E-state index in [0.717, 1.165) is 5.56 Å². The Labute approximate surface area is 125 Å². The number of methoxy groups -OCH3 is 2. The van der Waals surface area contributed by atoms with Gasteiger partial charge in [-0.15, -0.1) is 0 Å². The van der Waals surface area contributed by atoms with Gasteiger partial charge in [-0.1, -0.05) is 30.7 Å². The summed E-state index contributed by atoms with van der Waals surface area (Å²) in [5.41, 5.74) is 1.11. The smallest absolute Gasteiger partial charge is 0.219 e. The van der Waals surface area contributed by atoms with Gasteiger partial charge in [0.25, 0.3) is 0 Å². The van der Waals surface area contributed by atoms with Gasteiger partial charge in [0.15, 0.2) is 6.29 Å². The van der Waals surface area contributed by atoms with E-state index in [9.17, 15) is 4.79 Å². The van der Waals surface area contributed by atoms with Gasteiger partial charge >= 0.3 is 0 Å². The summed E-state index contributed by atoms with van der Waals surface area (Å²) in [6, 6.07) is 7.69. The van der Waals surface area contributed by atoms with E-state index in [1.165, 1.54) is 0 Å². The monoisotopic (exact) mass is 299 g/mol. The maximum Gasteiger partial charge on any atom is 0.219 e. The predicted molar refractivity (Wildman–Crippen MR) is 79.9 cm³/mol. The number of rotatable bonds is 7. The van der Waals surface area contributed by atoms with Crippen LogP contribution in [-0.2, 0) is 14.3 Å². The molecule has 0 aromatic heterocycles. The summed E-state index contributed by atoms with van der Waals surface area (Å²) in [5.74, 6) is 0.185. The van der Waals surface area contributed by atoms with Gasteiger partial charge in [-0.05, 0) is 23.6 Å². The number of halogens is 1. The van der Waals surface area contributed by atoms with Gasteiger partial charge in [-0.25, -0.2) is 0 Å². The van der Waals surface area contributed by atoms with Crippen molar-refractivity contribution < 1.29 is 14.3 Å². The van der Waals surface area contributed by atoms with Crippen LogP contribution in [0.25, 0.3) is 0 Å². The van der Waals surface area contributed by atoms with E-state index >= 15 is 0 Å². The van der Waals surface area contributed by atoms with Gasteiger partial charge in [-0.3, -0.25) is 4.79 Å². The molecule has 1 rings (SSSR count). The van der Waals surface area contributed by atoms with E-state index in [0.29, 0.717) is 18.1 Å². The lowest BCUT2D eigenvalue weighted by Gasteiger charge is -2.28. The lowest BCUT2D eigenvalue weighted by molar-refractivity contribution is -0.143. The fourth-order valence-electron chi connectivity index (χ4n) is 2.01. The van der Waals surface area contributed by atoms with Gasteiger partial charge < -0.3 is 14.4 Å². The lowest BCUT2D eigenvalue weighted by atomic mass is 10.0. The molecule has 0 bridgehead atoms. The molecular formula is C15H22ClNO3. The van der Waals surface area contributed by atoms with Crippen molar-refractivity contribution in [2.75, 3.05) is 27.3 Å². The molecule has 0 fully saturated rings. The van der Waals surface area contributed by atoms with Crippen LogP contribution in [0.3, 0.4) is 0 Å². The molecule has 0 aliphatic carbocycles. The van der Waals surface area contributed by atoms with E-state index < -0.39 is 6.29 Å². The molecule has 0 aliphatic rings. The maximum absolute atomic E-state index is 11.7. The Morgan fingerprint density at radius 2 is 1.95 bits per heavy atom. The van der Waals surface area contributed by atoms with Gasteiger partial charge in [0.2, 0.25) is 5.91 Å². The SMILES string of the molecule is COC(CN(C[C@H](C)c1cccc(Cl)c1)C(C)=O)OC. The number of hydrogen-bond donors (Lipinski definition) is 0. The van der Waals surface area contributed by atoms with E-state index in [1.807, 2.05) is 24.3 Å². The van der Waals surface area contributed by atoms with Crippen molar-refractivity contribution >= 4 is 17.5 Å². The molecule has 0 heterocycles. The fraction of sp³-hybridized carbons (Fsp3) is 0.533. The van der Waals surface area contributed by atoms with Crippen LogP contribution in [0.1, 0.15) is 25.3 Å². The molecule has 20 heavy (non-hydrogen) atoms. The standard InChI is InChI=1S/C15H22ClNO3/c1-11(13-6-5-7-14(16)8-13)9-17(12(2)18)10-15(19-3)20-4/h5-8,11,15H,9-10H2,1-4H3/t11-/m0/s1. The molecule has 0 N–H and O–H groups in total. The first kappa shape index (κ1) is 17.0. The summed E-state index contributed by atoms with van der Waals surface area (Å²) >= 11 is 6.00. The van der Waals surface area contributed by atoms with Crippen LogP contribution in [0.2, 0.25) is 5.02 Å². The van der Waals surface area contributed by atoms with Gasteiger partial charge in [0.05, 0.1) is 6.54 Å². The molecular weight excluding hydrogens is 278 g/mol. The third-order valence-corrected chi connectivity index (χ3v) is 3.49. The Hall–Kier alpha value is -1.10. The molecule has 0 saturated carbocycles. The molecule has 0 spiro atoms. The summed E-state index contributed by atoms with van der Waals surface area (Å²) in [7, 11) is 3.12. The molecule has 1 amide bonds. The highest BCUT2D eigenvalue weighted by molar-refractivity contribution is 6.30. The molecule has 1 aromatic carbocycles. The van der Waals surface area contributed by atoms with Crippen LogP contribution in [0, 0.1) is 0 Å². The lowest BCUT2D eigenvalue weighted by Crippen LogP contribution is -2.39. The highest BCUT2D eigenvalue weighted by Gasteiger charge is 2.18. The summed E-state index contributed by atoms with van der Waals surface area (Å²) in [6.07, 6.45) is -0.412. The van der Waals surface area contributed by atoms with Crippen LogP contribution in [0.5, 0.6) is 0 Å². The van der Waals surface area contributed by atoms with Crippen molar-refractivity contribution in [1.29, 1.82) is 0 Å². The Balaban J connectivity index is 2.72. The minimum atomic E-state index is -0.412. The van der Waals surface area contributed by atoms with Crippen LogP contribution in [0.15, 0.2) is 24.3 Å². The summed E-state index contributed by atoms with van der Waals surface area (Å²) < 4.78 is 10.3. The number of benzene rings is 1. The number of amides is 1. The van der Waals surface area contributed by atoms with E-state index in [-0.39, 0.29) is 11.8 Å². The summed E-state index contributed by atoms with van der Waals surface area (Å²) in [4.78, 5) is 13.5. The zero-order valence-electron chi connectivity index (χ0n) is 12.4. The topological polar surface area (TPSA) is 38.8 Å². The highest BCUT2D eigenvalue weighted by Crippen LogP contribution is 2.20. The van der Waals surface area contributed by atoms with E-state index in [4.69, 9.17) is 21.1 Å². The van der Waals surface area contributed by atoms with Crippen LogP contribution in [-0.4, -0.2) is 44.4 Å². The van der Waals surface area contributed by atoms with Crippen molar-refractivity contribution in [3.8, 4) is 0 Å². The van der Waals surface area contributed by atoms with Gasteiger partial charge in [-0.2, -0.15) is 0 Å². The zero-order chi connectivity index (χ0) is 15.1. The molecule has 0 radical (unpaired) electrons. The van der Waals surface area contributed by atoms with E-state index in [1.54, 1.807) is 26.0 Å². The molecule has 4 nitrogen and oxygen atoms in total. The number of nitrogens with zero attached hydrogens (tertiary/aromatic N) is 1. The third-order valence-electron chi connectivity index (χ3n) is 3.25. The van der Waals surface area contributed by atoms with Crippen molar-refractivity contribution in [2.45, 2.75) is 26.1 Å². The summed E-state index contributed by atoms with van der Waals surface area (Å²) in [6.45, 7) is 4.62. The van der Waals surface area contributed by atoms with Gasteiger partial charge in [0, 0.05) is 32.7 Å². The second kappa shape index (κ2) is 8.25. The Morgan fingerprint density at radius 1 is 1.30 bits per heavy atom. The first-order valence-corrected chi connectivity index (χ1v) is 6.92. The van der Waals surface area contributed by atoms with Crippen molar-refractivity contribution in [2.24, 2.45) is 0 Å². The van der Waals surface area contributed by atoms with Crippen molar-refractivity contribution in [3.05, 3.63) is 34.9 Å². The Bertz CT molecular complexity index is 435. The highest BCUT2D eigenvalue weighted by atomic mass is 35.5. The molecule has 5 heteroatoms. The first-order valence-electron chi connectivity index (χ1n) is 6.54. The number of carbonyl (C=O) groups is 1. The first-order chi connectivity index (χ1) is 9.47. The third kappa shape index (κ3) is 5.12. The normalized spacial score (nSPS) is 12.5. The van der Waals surface area contributed by atoms with Crippen LogP contribution < -0.4 is 0 Å². The average Bonchev–Trinajstić information content (AvgIpc) is 2.42. The van der Waals surface area contributed by atoms with Crippen LogP contribution in [0.4, 0.5) is 0 Å². The fourth-order valence-corrected chi connectivity index (χ4v) is 2.20. The molecule has 1 aromatic rings. The maximum atomic E-state index is 11.7. The largest absolute Gasteiger partial charge is 0.354 e. The Morgan fingerprint density at radius 3 is 2.45 bits per heavy atom. The number of carbonyl (C=O) groups excluding carboxylic acids is 1. The molecule has 0 unspecified atom stereocenters. The average molecular weight is 300 g/mol. The Kier molecular flexibility index (Phi) is 6.99. The second-order valence-corrected chi connectivity index (χ2v) is 5.22. The van der Waals surface area contributed by atoms with Crippen molar-refractivity contribution in [3.63, 3.8) is 0 Å². The van der Waals surface area contributed by atoms with E-state index in [2.05, 4.69) is 6.92 Å². The molecule has 112 valence electrons. The van der Waals surface area contributed by atoms with Gasteiger partial charge in [0.1, 0.15) is 0 Å². The minimum absolute atomic E-state index is 0.00187. The quantitative estimate of drug-likeness (QED) is 0.727. The number of ether oxygens (including phenoxy) is 2. The zero-order valence-corrected chi connectivity index (χ0v) is 13.2. The molecule has 1 atom stereocenters. The predicted octanol–water partition coefficient (Wildman–Crippen LogP) is 2.91. The van der Waals surface area contributed by atoms with Crippen LogP contribution >= 0.6 is 11.6 Å². The second-order valence-electron chi connectivity index (χ2n) is 4.78. The molecule has 0 aliphatic heterocycles. The van der Waals surface area contributed by atoms with Crippen molar-refractivity contribution in [1.82, 2.24) is 4.90 Å². The summed E-state index contributed by atoms with van der Waals surface area (Å²) in [5, 5.41) is 0.704. The minimum Gasteiger partial charge on any atom is -0.354 e. The molecule has 0 saturated heterocycles.